The Morgan fingerprint density at radius 1 is 0.861 bits per heavy atom. The molecule has 0 spiro atoms. The fourth-order valence-corrected chi connectivity index (χ4v) is 13.7. The second-order valence-corrected chi connectivity index (χ2v) is 23.4. The lowest BCUT2D eigenvalue weighted by atomic mass is 9.70. The van der Waals surface area contributed by atoms with Gasteiger partial charge in [-0.15, -0.1) is 11.8 Å². The van der Waals surface area contributed by atoms with Gasteiger partial charge in [-0.2, -0.15) is 0 Å². The number of likely N-dealkylation sites (N-methyl/N-ethyl adjacent to an activating group) is 1. The Labute approximate surface area is 433 Å². The van der Waals surface area contributed by atoms with E-state index in [2.05, 4.69) is 5.32 Å². The van der Waals surface area contributed by atoms with Crippen molar-refractivity contribution in [1.82, 2.24) is 4.90 Å². The summed E-state index contributed by atoms with van der Waals surface area (Å²) in [6, 6.07) is 5.46. The summed E-state index contributed by atoms with van der Waals surface area (Å²) in [7, 11) is 8.51. The lowest BCUT2D eigenvalue weighted by Crippen LogP contribution is -2.61. The first-order chi connectivity index (χ1) is 33.9. The van der Waals surface area contributed by atoms with E-state index in [-0.39, 0.29) is 43.3 Å². The average molecular weight is 1040 g/mol. The molecule has 2 unspecified atom stereocenters. The number of nitrogens with zero attached hydrogens (tertiary/aromatic N) is 1. The summed E-state index contributed by atoms with van der Waals surface area (Å²) < 4.78 is 63.9. The van der Waals surface area contributed by atoms with Gasteiger partial charge in [0.1, 0.15) is 29.3 Å². The maximum absolute atomic E-state index is 15.2. The molecule has 1 aliphatic carbocycles. The number of aliphatic hydroxyl groups excluding tert-OH is 2. The summed E-state index contributed by atoms with van der Waals surface area (Å²) >= 11 is 1.41. The highest BCUT2D eigenvalue weighted by molar-refractivity contribution is 8.00. The van der Waals surface area contributed by atoms with E-state index in [0.29, 0.717) is 30.2 Å². The largest absolute Gasteiger partial charge is 0.493 e. The molecule has 0 radical (unpaired) electrons. The monoisotopic (exact) mass is 1040 g/mol. The molecule has 1 aromatic carbocycles. The van der Waals surface area contributed by atoms with E-state index in [1.165, 1.54) is 18.9 Å². The van der Waals surface area contributed by atoms with Gasteiger partial charge >= 0.3 is 11.9 Å². The third-order valence-corrected chi connectivity index (χ3v) is 18.0. The number of benzene rings is 1. The van der Waals surface area contributed by atoms with E-state index in [1.54, 1.807) is 41.9 Å². The van der Waals surface area contributed by atoms with Crippen LogP contribution in [0.2, 0.25) is 0 Å². The van der Waals surface area contributed by atoms with Gasteiger partial charge in [-0.25, -0.2) is 0 Å². The predicted molar refractivity (Wildman–Crippen MR) is 273 cm³/mol. The lowest BCUT2D eigenvalue weighted by molar-refractivity contribution is -0.319. The van der Waals surface area contributed by atoms with Crippen LogP contribution in [0, 0.1) is 29.6 Å². The number of hydrogen-bond donors (Lipinski definition) is 3. The van der Waals surface area contributed by atoms with Crippen LogP contribution in [0.25, 0.3) is 0 Å². The number of aliphatic hydroxyl groups is 2. The van der Waals surface area contributed by atoms with Crippen molar-refractivity contribution >= 4 is 35.2 Å². The normalized spacial score (nSPS) is 41.6. The van der Waals surface area contributed by atoms with Crippen molar-refractivity contribution in [1.29, 1.82) is 0 Å². The summed E-state index contributed by atoms with van der Waals surface area (Å²) in [5, 5.41) is 25.7. The van der Waals surface area contributed by atoms with Crippen LogP contribution in [0.4, 0.5) is 5.69 Å². The molecular formula is C54H88N2O15S. The van der Waals surface area contributed by atoms with Gasteiger partial charge in [0.25, 0.3) is 0 Å². The van der Waals surface area contributed by atoms with Gasteiger partial charge in [-0.05, 0) is 113 Å². The number of carbonyl (C=O) groups excluding carboxylic acids is 3. The molecule has 72 heavy (non-hydrogen) atoms. The quantitative estimate of drug-likeness (QED) is 0.115. The highest BCUT2D eigenvalue weighted by Crippen LogP contribution is 2.50. The van der Waals surface area contributed by atoms with Crippen LogP contribution < -0.4 is 14.8 Å². The number of methoxy groups -OCH3 is 3. The summed E-state index contributed by atoms with van der Waals surface area (Å²) in [5.74, 6) is -3.19. The Kier molecular flexibility index (Phi) is 19.9. The van der Waals surface area contributed by atoms with Crippen LogP contribution in [0.15, 0.2) is 18.2 Å². The van der Waals surface area contributed by atoms with E-state index >= 15 is 9.59 Å². The van der Waals surface area contributed by atoms with Crippen LogP contribution in [0.1, 0.15) is 121 Å². The zero-order chi connectivity index (χ0) is 53.0. The molecule has 5 aliphatic rings. The number of anilines is 1. The minimum absolute atomic E-state index is 0.118. The van der Waals surface area contributed by atoms with Gasteiger partial charge < -0.3 is 67.8 Å². The second-order valence-electron chi connectivity index (χ2n) is 22.2. The maximum Gasteiger partial charge on any atom is 0.320 e. The van der Waals surface area contributed by atoms with Gasteiger partial charge in [0.15, 0.2) is 29.7 Å². The van der Waals surface area contributed by atoms with Gasteiger partial charge in [0.05, 0.1) is 54.7 Å². The van der Waals surface area contributed by atoms with Crippen LogP contribution in [-0.2, 0) is 52.3 Å². The number of ketones is 1. The highest BCUT2D eigenvalue weighted by atomic mass is 32.2. The molecule has 410 valence electrons. The average Bonchev–Trinajstić information content (AvgIpc) is 3.95. The van der Waals surface area contributed by atoms with E-state index in [1.807, 2.05) is 78.7 Å². The van der Waals surface area contributed by atoms with Gasteiger partial charge in [-0.3, -0.25) is 14.4 Å². The fourth-order valence-electron chi connectivity index (χ4n) is 12.3. The van der Waals surface area contributed by atoms with Crippen molar-refractivity contribution in [3.05, 3.63) is 18.2 Å². The zero-order valence-electron chi connectivity index (χ0n) is 45.7. The Balaban J connectivity index is 1.35. The molecule has 17 nitrogen and oxygen atoms in total. The number of ether oxygens (including phenoxy) is 10. The van der Waals surface area contributed by atoms with E-state index in [9.17, 15) is 15.0 Å². The molecular weight excluding hydrogens is 949 g/mol. The molecule has 19 atom stereocenters. The van der Waals surface area contributed by atoms with Crippen LogP contribution >= 0.6 is 11.8 Å². The molecule has 4 aliphatic heterocycles. The number of cyclic esters (lactones) is 1. The van der Waals surface area contributed by atoms with Crippen molar-refractivity contribution in [2.45, 2.75) is 210 Å². The number of rotatable bonds is 16. The summed E-state index contributed by atoms with van der Waals surface area (Å²) in [6.07, 6.45) is -2.44. The van der Waals surface area contributed by atoms with Crippen molar-refractivity contribution in [3.8, 4) is 11.5 Å². The Hall–Kier alpha value is -2.78. The molecule has 5 fully saturated rings. The summed E-state index contributed by atoms with van der Waals surface area (Å²) in [6.45, 7) is 18.8. The third-order valence-electron chi connectivity index (χ3n) is 16.8. The molecule has 4 saturated heterocycles. The molecule has 1 saturated carbocycles. The smallest absolute Gasteiger partial charge is 0.320 e. The number of thioether (sulfide) groups is 1. The third kappa shape index (κ3) is 12.6. The lowest BCUT2D eigenvalue weighted by Gasteiger charge is -2.50. The molecule has 1 aromatic rings. The van der Waals surface area contributed by atoms with Crippen molar-refractivity contribution in [2.24, 2.45) is 29.6 Å². The molecule has 0 aromatic heterocycles. The van der Waals surface area contributed by atoms with E-state index in [4.69, 9.17) is 47.4 Å². The van der Waals surface area contributed by atoms with Crippen LogP contribution in [0.5, 0.6) is 11.5 Å². The molecule has 0 amide bonds. The predicted octanol–water partition coefficient (Wildman–Crippen LogP) is 6.80. The van der Waals surface area contributed by atoms with Gasteiger partial charge in [-0.1, -0.05) is 27.7 Å². The molecule has 6 rings (SSSR count). The van der Waals surface area contributed by atoms with Gasteiger partial charge in [0, 0.05) is 74.4 Å². The van der Waals surface area contributed by atoms with E-state index in [0.717, 1.165) is 31.4 Å². The molecule has 18 heteroatoms. The summed E-state index contributed by atoms with van der Waals surface area (Å²) in [5.41, 5.74) is -2.86. The first-order valence-electron chi connectivity index (χ1n) is 26.4. The first kappa shape index (κ1) is 58.5. The second kappa shape index (κ2) is 24.5. The maximum atomic E-state index is 15.2. The fraction of sp³-hybridized carbons (Fsp3) is 0.833. The number of hydrogen-bond acceptors (Lipinski definition) is 18. The molecule has 0 bridgehead atoms. The number of esters is 2. The van der Waals surface area contributed by atoms with Crippen LogP contribution in [-0.4, -0.2) is 170 Å². The van der Waals surface area contributed by atoms with Crippen LogP contribution in [0.3, 0.4) is 0 Å². The Bertz CT molecular complexity index is 1980. The van der Waals surface area contributed by atoms with Crippen molar-refractivity contribution in [3.63, 3.8) is 0 Å². The standard InChI is InChI=1S/C54H88N2O15S/c1-16-40-54(10)42(46(50(61)71-54)72-24-23-55-35-21-22-38(62-13)39(26-35)67-36-19-17-18-20-36)31(4)43(57)29(2)27-53(9,64-15)48(70-51-44(58)37(56(11)12)25-30(3)65-51)32(5)45(33(6)49(60)68-40)69-41-28-52(8,63-14)47(59)34(7)66-41/h21-22,26,29-34,36-37,40-42,44-48,51,55,58-59H,16-20,23-25,27-28H2,1-15H3/t29-,30-,31+,32+,33-,34-,37+,40-,41+,42?,44-,45+,46?,47+,48-,51+,52-,53-,54-/m1/s1. The Morgan fingerprint density at radius 2 is 1.54 bits per heavy atom. The van der Waals surface area contributed by atoms with E-state index < -0.39 is 113 Å². The number of fused-ring (bicyclic) bond motifs is 1. The zero-order valence-corrected chi connectivity index (χ0v) is 46.5. The molecule has 3 N–H and O–H groups in total. The minimum Gasteiger partial charge on any atom is -0.493 e. The van der Waals surface area contributed by atoms with Crippen molar-refractivity contribution < 1.29 is 72.0 Å². The Morgan fingerprint density at radius 3 is 2.17 bits per heavy atom. The first-order valence-corrected chi connectivity index (χ1v) is 27.4. The number of Topliss-reactive ketones (excluding diaryl/α,β-unsaturated/α-hetero) is 1. The minimum atomic E-state index is -1.39. The topological polar surface area (TPSA) is 199 Å². The molecule has 4 heterocycles. The van der Waals surface area contributed by atoms with Crippen molar-refractivity contribution in [2.75, 3.05) is 53.0 Å². The number of nitrogens with one attached hydrogen (secondary N) is 1. The number of carbonyl (C=O) groups is 3. The summed E-state index contributed by atoms with van der Waals surface area (Å²) in [4.78, 5) is 46.5. The highest BCUT2D eigenvalue weighted by Gasteiger charge is 2.62. The SMILES string of the molecule is CC[C@H]1OC(=O)[C@H](C)[C@@H](O[C@H]2C[C@@](C)(OC)[C@@H](O)[C@@H](C)O2)[C@H](C)[C@@H](O[C@@H]2O[C@H](C)C[C@H](N(C)C)[C@H]2O)[C@](C)(OC)C[C@@H](C)C(=O)[C@@H](C)C2C(SCCNc3ccc(OC)c(OC4CCCC4)c3)C(=O)O[C@@]21C. The van der Waals surface area contributed by atoms with Gasteiger partial charge in [0.2, 0.25) is 0 Å².